The molecule has 0 aliphatic rings. The van der Waals surface area contributed by atoms with Gasteiger partial charge in [0.15, 0.2) is 0 Å². The number of alkyl carbamates (subject to hydrolysis) is 1. The third-order valence-corrected chi connectivity index (χ3v) is 2.66. The Morgan fingerprint density at radius 1 is 1.30 bits per heavy atom. The number of ether oxygens (including phenoxy) is 1. The number of rotatable bonds is 4. The van der Waals surface area contributed by atoms with Crippen LogP contribution in [0.1, 0.15) is 31.9 Å². The van der Waals surface area contributed by atoms with Crippen molar-refractivity contribution in [3.8, 4) is 0 Å². The SMILES string of the molecule is Cc1ccccc1C[C@H](NC(=O)OC(C)(C)C)C(=O)[O-]. The third-order valence-electron chi connectivity index (χ3n) is 2.66. The fraction of sp³-hybridized carbons (Fsp3) is 0.467. The Labute approximate surface area is 118 Å². The van der Waals surface area contributed by atoms with E-state index in [0.29, 0.717) is 0 Å². The fourth-order valence-electron chi connectivity index (χ4n) is 1.70. The molecule has 0 aromatic heterocycles. The van der Waals surface area contributed by atoms with E-state index >= 15 is 0 Å². The van der Waals surface area contributed by atoms with Crippen LogP contribution in [-0.2, 0) is 16.0 Å². The largest absolute Gasteiger partial charge is 0.548 e. The molecule has 0 unspecified atom stereocenters. The van der Waals surface area contributed by atoms with Crippen molar-refractivity contribution in [1.82, 2.24) is 5.32 Å². The van der Waals surface area contributed by atoms with Crippen molar-refractivity contribution in [2.75, 3.05) is 0 Å². The summed E-state index contributed by atoms with van der Waals surface area (Å²) in [7, 11) is 0. The molecule has 0 aliphatic heterocycles. The summed E-state index contributed by atoms with van der Waals surface area (Å²) in [5.41, 5.74) is 1.13. The normalized spacial score (nSPS) is 12.6. The van der Waals surface area contributed by atoms with Gasteiger partial charge >= 0.3 is 6.09 Å². The Kier molecular flexibility index (Phi) is 5.13. The highest BCUT2D eigenvalue weighted by Gasteiger charge is 2.20. The second-order valence-electron chi connectivity index (χ2n) is 5.65. The van der Waals surface area contributed by atoms with Crippen molar-refractivity contribution in [2.45, 2.75) is 45.8 Å². The number of carboxylic acids is 1. The molecule has 1 N–H and O–H groups in total. The van der Waals surface area contributed by atoms with Crippen molar-refractivity contribution in [3.63, 3.8) is 0 Å². The van der Waals surface area contributed by atoms with Gasteiger partial charge in [0, 0.05) is 0 Å². The van der Waals surface area contributed by atoms with Gasteiger partial charge in [-0.15, -0.1) is 0 Å². The number of hydrogen-bond acceptors (Lipinski definition) is 4. The highest BCUT2D eigenvalue weighted by molar-refractivity contribution is 5.79. The van der Waals surface area contributed by atoms with Crippen LogP contribution in [0.2, 0.25) is 0 Å². The van der Waals surface area contributed by atoms with Crippen LogP contribution >= 0.6 is 0 Å². The Morgan fingerprint density at radius 3 is 2.40 bits per heavy atom. The van der Waals surface area contributed by atoms with Crippen molar-refractivity contribution >= 4 is 12.1 Å². The van der Waals surface area contributed by atoms with Crippen LogP contribution in [0.4, 0.5) is 4.79 Å². The Bertz CT molecular complexity index is 491. The lowest BCUT2D eigenvalue weighted by Crippen LogP contribution is -2.50. The molecule has 0 saturated heterocycles. The topological polar surface area (TPSA) is 78.5 Å². The first-order chi connectivity index (χ1) is 9.19. The zero-order valence-corrected chi connectivity index (χ0v) is 12.2. The van der Waals surface area contributed by atoms with Gasteiger partial charge in [0.1, 0.15) is 5.60 Å². The second kappa shape index (κ2) is 6.41. The molecule has 20 heavy (non-hydrogen) atoms. The number of amides is 1. The zero-order valence-electron chi connectivity index (χ0n) is 12.2. The van der Waals surface area contributed by atoms with Crippen LogP contribution in [-0.4, -0.2) is 23.7 Å². The van der Waals surface area contributed by atoms with E-state index < -0.39 is 23.7 Å². The van der Waals surface area contributed by atoms with Gasteiger partial charge in [0.2, 0.25) is 0 Å². The highest BCUT2D eigenvalue weighted by Crippen LogP contribution is 2.11. The van der Waals surface area contributed by atoms with E-state index in [0.717, 1.165) is 11.1 Å². The van der Waals surface area contributed by atoms with E-state index in [1.807, 2.05) is 31.2 Å². The van der Waals surface area contributed by atoms with E-state index in [9.17, 15) is 14.7 Å². The van der Waals surface area contributed by atoms with Crippen molar-refractivity contribution in [3.05, 3.63) is 35.4 Å². The van der Waals surface area contributed by atoms with Crippen LogP contribution in [0.25, 0.3) is 0 Å². The van der Waals surface area contributed by atoms with Crippen LogP contribution in [0.15, 0.2) is 24.3 Å². The minimum absolute atomic E-state index is 0.161. The molecule has 0 spiro atoms. The molecular weight excluding hydrogens is 258 g/mol. The summed E-state index contributed by atoms with van der Waals surface area (Å²) < 4.78 is 5.05. The lowest BCUT2D eigenvalue weighted by atomic mass is 10.0. The summed E-state index contributed by atoms with van der Waals surface area (Å²) in [6.07, 6.45) is -0.603. The molecule has 0 heterocycles. The number of benzene rings is 1. The van der Waals surface area contributed by atoms with Gasteiger partial charge in [-0.05, 0) is 45.2 Å². The van der Waals surface area contributed by atoms with Crippen LogP contribution < -0.4 is 10.4 Å². The summed E-state index contributed by atoms with van der Waals surface area (Å²) in [5, 5.41) is 13.5. The zero-order chi connectivity index (χ0) is 15.3. The summed E-state index contributed by atoms with van der Waals surface area (Å²) in [4.78, 5) is 22.8. The monoisotopic (exact) mass is 278 g/mol. The Morgan fingerprint density at radius 2 is 1.90 bits per heavy atom. The molecule has 0 fully saturated rings. The number of nitrogens with one attached hydrogen (secondary N) is 1. The number of carboxylic acid groups (broad SMARTS) is 1. The minimum atomic E-state index is -1.33. The van der Waals surface area contributed by atoms with Crippen LogP contribution in [0, 0.1) is 6.92 Å². The van der Waals surface area contributed by atoms with Crippen molar-refractivity contribution < 1.29 is 19.4 Å². The van der Waals surface area contributed by atoms with E-state index in [1.165, 1.54) is 0 Å². The van der Waals surface area contributed by atoms with Gasteiger partial charge in [-0.1, -0.05) is 24.3 Å². The van der Waals surface area contributed by atoms with Gasteiger partial charge in [-0.25, -0.2) is 4.79 Å². The van der Waals surface area contributed by atoms with E-state index in [1.54, 1.807) is 20.8 Å². The summed E-state index contributed by atoms with van der Waals surface area (Å²) in [6, 6.07) is 6.28. The van der Waals surface area contributed by atoms with Crippen molar-refractivity contribution in [1.29, 1.82) is 0 Å². The van der Waals surface area contributed by atoms with Gasteiger partial charge in [-0.2, -0.15) is 0 Å². The predicted molar refractivity (Wildman–Crippen MR) is 73.0 cm³/mol. The predicted octanol–water partition coefficient (Wildman–Crippen LogP) is 1.18. The molecule has 1 rings (SSSR count). The van der Waals surface area contributed by atoms with Crippen LogP contribution in [0.5, 0.6) is 0 Å². The molecule has 0 bridgehead atoms. The Hall–Kier alpha value is -2.04. The number of carbonyl (C=O) groups excluding carboxylic acids is 2. The summed E-state index contributed by atoms with van der Waals surface area (Å²) in [6.45, 7) is 7.01. The van der Waals surface area contributed by atoms with E-state index in [-0.39, 0.29) is 6.42 Å². The lowest BCUT2D eigenvalue weighted by molar-refractivity contribution is -0.308. The second-order valence-corrected chi connectivity index (χ2v) is 5.65. The molecule has 1 amide bonds. The number of carbonyl (C=O) groups is 2. The third kappa shape index (κ3) is 5.30. The van der Waals surface area contributed by atoms with Gasteiger partial charge in [0.25, 0.3) is 0 Å². The highest BCUT2D eigenvalue weighted by atomic mass is 16.6. The first kappa shape index (κ1) is 16.0. The number of aliphatic carboxylic acids is 1. The lowest BCUT2D eigenvalue weighted by Gasteiger charge is -2.24. The quantitative estimate of drug-likeness (QED) is 0.897. The van der Waals surface area contributed by atoms with E-state index in [2.05, 4.69) is 5.32 Å². The maximum Gasteiger partial charge on any atom is 0.408 e. The molecular formula is C15H20NO4-. The summed E-state index contributed by atoms with van der Waals surface area (Å²) >= 11 is 0. The molecule has 110 valence electrons. The molecule has 0 saturated carbocycles. The Balaban J connectivity index is 2.74. The van der Waals surface area contributed by atoms with Crippen molar-refractivity contribution in [2.24, 2.45) is 0 Å². The van der Waals surface area contributed by atoms with Gasteiger partial charge in [0.05, 0.1) is 12.0 Å². The molecule has 1 aromatic carbocycles. The number of aryl methyl sites for hydroxylation is 1. The maximum absolute atomic E-state index is 11.6. The molecule has 5 heteroatoms. The average Bonchev–Trinajstić information content (AvgIpc) is 2.28. The van der Waals surface area contributed by atoms with Gasteiger partial charge < -0.3 is 20.0 Å². The smallest absolute Gasteiger partial charge is 0.408 e. The standard InChI is InChI=1S/C15H21NO4/c1-10-7-5-6-8-11(10)9-12(13(17)18)16-14(19)20-15(2,3)4/h5-8,12H,9H2,1-4H3,(H,16,19)(H,17,18)/p-1/t12-/m0/s1. The number of hydrogen-bond donors (Lipinski definition) is 1. The van der Waals surface area contributed by atoms with E-state index in [4.69, 9.17) is 4.74 Å². The molecule has 1 atom stereocenters. The summed E-state index contributed by atoms with van der Waals surface area (Å²) in [5.74, 6) is -1.33. The fourth-order valence-corrected chi connectivity index (χ4v) is 1.70. The molecule has 0 aliphatic carbocycles. The first-order valence-electron chi connectivity index (χ1n) is 6.44. The first-order valence-corrected chi connectivity index (χ1v) is 6.44. The minimum Gasteiger partial charge on any atom is -0.548 e. The molecule has 0 radical (unpaired) electrons. The molecule has 1 aromatic rings. The van der Waals surface area contributed by atoms with Crippen LogP contribution in [0.3, 0.4) is 0 Å². The molecule has 5 nitrogen and oxygen atoms in total. The average molecular weight is 278 g/mol. The maximum atomic E-state index is 11.6. The van der Waals surface area contributed by atoms with Gasteiger partial charge in [-0.3, -0.25) is 0 Å².